The van der Waals surface area contributed by atoms with E-state index in [0.29, 0.717) is 5.82 Å². The first-order valence-corrected chi connectivity index (χ1v) is 3.91. The van der Waals surface area contributed by atoms with Crippen molar-refractivity contribution < 1.29 is 0 Å². The van der Waals surface area contributed by atoms with Crippen molar-refractivity contribution in [3.63, 3.8) is 0 Å². The fourth-order valence-electron chi connectivity index (χ4n) is 1.01. The SMILES string of the molecule is N#Cc1ncn(-c2cc(N)nc(N)n2)n1. The second-order valence-corrected chi connectivity index (χ2v) is 2.63. The third-order valence-electron chi connectivity index (χ3n) is 1.58. The molecule has 4 N–H and O–H groups in total. The summed E-state index contributed by atoms with van der Waals surface area (Å²) in [5, 5.41) is 12.4. The first-order valence-electron chi connectivity index (χ1n) is 3.91. The molecule has 0 saturated heterocycles. The molecule has 2 aromatic heterocycles. The lowest BCUT2D eigenvalue weighted by Gasteiger charge is -2.00. The number of anilines is 2. The average molecular weight is 202 g/mol. The molecule has 0 aliphatic carbocycles. The van der Waals surface area contributed by atoms with Crippen molar-refractivity contribution in [1.29, 1.82) is 5.26 Å². The Labute approximate surface area is 84.2 Å². The van der Waals surface area contributed by atoms with Gasteiger partial charge in [-0.05, 0) is 0 Å². The molecule has 0 fully saturated rings. The fourth-order valence-corrected chi connectivity index (χ4v) is 1.01. The highest BCUT2D eigenvalue weighted by Gasteiger charge is 2.05. The Morgan fingerprint density at radius 3 is 2.73 bits per heavy atom. The van der Waals surface area contributed by atoms with Crippen molar-refractivity contribution >= 4 is 11.8 Å². The van der Waals surface area contributed by atoms with Crippen molar-refractivity contribution in [3.05, 3.63) is 18.2 Å². The molecule has 0 aliphatic rings. The summed E-state index contributed by atoms with van der Waals surface area (Å²) in [4.78, 5) is 11.3. The Balaban J connectivity index is 2.50. The van der Waals surface area contributed by atoms with Gasteiger partial charge in [-0.3, -0.25) is 0 Å². The number of nitriles is 1. The van der Waals surface area contributed by atoms with Gasteiger partial charge in [0, 0.05) is 6.07 Å². The Morgan fingerprint density at radius 2 is 2.13 bits per heavy atom. The van der Waals surface area contributed by atoms with Crippen LogP contribution in [-0.2, 0) is 0 Å². The van der Waals surface area contributed by atoms with Gasteiger partial charge in [-0.2, -0.15) is 15.2 Å². The van der Waals surface area contributed by atoms with E-state index < -0.39 is 0 Å². The van der Waals surface area contributed by atoms with Crippen LogP contribution in [0.4, 0.5) is 11.8 Å². The number of nitrogens with two attached hydrogens (primary N) is 2. The zero-order valence-corrected chi connectivity index (χ0v) is 7.49. The maximum Gasteiger partial charge on any atom is 0.252 e. The Morgan fingerprint density at radius 1 is 1.33 bits per heavy atom. The van der Waals surface area contributed by atoms with E-state index in [-0.39, 0.29) is 17.6 Å². The predicted octanol–water partition coefficient (Wildman–Crippen LogP) is -0.907. The van der Waals surface area contributed by atoms with Gasteiger partial charge in [-0.25, -0.2) is 9.67 Å². The molecule has 15 heavy (non-hydrogen) atoms. The molecule has 8 nitrogen and oxygen atoms in total. The molecule has 0 aliphatic heterocycles. The van der Waals surface area contributed by atoms with E-state index in [0.717, 1.165) is 0 Å². The quantitative estimate of drug-likeness (QED) is 0.611. The van der Waals surface area contributed by atoms with E-state index in [2.05, 4.69) is 20.1 Å². The highest BCUT2D eigenvalue weighted by Crippen LogP contribution is 2.07. The Bertz CT molecular complexity index is 516. The lowest BCUT2D eigenvalue weighted by atomic mass is 10.5. The van der Waals surface area contributed by atoms with E-state index in [9.17, 15) is 0 Å². The molecule has 0 unspecified atom stereocenters. The van der Waals surface area contributed by atoms with Crippen molar-refractivity contribution in [2.45, 2.75) is 0 Å². The zero-order chi connectivity index (χ0) is 10.8. The molecule has 2 aromatic rings. The van der Waals surface area contributed by atoms with Gasteiger partial charge in [0.25, 0.3) is 5.82 Å². The van der Waals surface area contributed by atoms with E-state index in [1.165, 1.54) is 17.1 Å². The first-order chi connectivity index (χ1) is 7.19. The van der Waals surface area contributed by atoms with Crippen LogP contribution in [0.15, 0.2) is 12.4 Å². The van der Waals surface area contributed by atoms with Crippen LogP contribution >= 0.6 is 0 Å². The minimum absolute atomic E-state index is 0.0407. The van der Waals surface area contributed by atoms with Gasteiger partial charge in [0.05, 0.1) is 0 Å². The van der Waals surface area contributed by atoms with Gasteiger partial charge in [0.1, 0.15) is 18.2 Å². The highest BCUT2D eigenvalue weighted by molar-refractivity contribution is 5.41. The van der Waals surface area contributed by atoms with Crippen molar-refractivity contribution in [2.24, 2.45) is 0 Å². The van der Waals surface area contributed by atoms with Crippen LogP contribution in [0, 0.1) is 11.3 Å². The summed E-state index contributed by atoms with van der Waals surface area (Å²) >= 11 is 0. The van der Waals surface area contributed by atoms with Crippen molar-refractivity contribution in [1.82, 2.24) is 24.7 Å². The molecule has 0 spiro atoms. The summed E-state index contributed by atoms with van der Waals surface area (Å²) in [6.45, 7) is 0. The predicted molar refractivity (Wildman–Crippen MR) is 50.5 cm³/mol. The maximum atomic E-state index is 8.54. The van der Waals surface area contributed by atoms with Gasteiger partial charge in [-0.15, -0.1) is 5.10 Å². The van der Waals surface area contributed by atoms with Gasteiger partial charge in [0.15, 0.2) is 5.82 Å². The van der Waals surface area contributed by atoms with Crippen LogP contribution in [0.2, 0.25) is 0 Å². The normalized spacial score (nSPS) is 9.80. The van der Waals surface area contributed by atoms with E-state index in [4.69, 9.17) is 16.7 Å². The fraction of sp³-hybridized carbons (Fsp3) is 0. The average Bonchev–Trinajstić information content (AvgIpc) is 2.64. The molecule has 0 atom stereocenters. The third kappa shape index (κ3) is 1.66. The smallest absolute Gasteiger partial charge is 0.252 e. The van der Waals surface area contributed by atoms with Gasteiger partial charge < -0.3 is 11.5 Å². The summed E-state index contributed by atoms with van der Waals surface area (Å²) in [6.07, 6.45) is 1.35. The van der Waals surface area contributed by atoms with Crippen LogP contribution in [0.3, 0.4) is 0 Å². The molecule has 0 radical (unpaired) electrons. The topological polar surface area (TPSA) is 132 Å². The molecular weight excluding hydrogens is 196 g/mol. The van der Waals surface area contributed by atoms with Crippen LogP contribution in [0.1, 0.15) is 5.82 Å². The second-order valence-electron chi connectivity index (χ2n) is 2.63. The minimum Gasteiger partial charge on any atom is -0.383 e. The first kappa shape index (κ1) is 8.89. The largest absolute Gasteiger partial charge is 0.383 e. The van der Waals surface area contributed by atoms with Gasteiger partial charge in [0.2, 0.25) is 5.95 Å². The molecule has 0 aromatic carbocycles. The molecule has 2 rings (SSSR count). The molecule has 8 heteroatoms. The summed E-state index contributed by atoms with van der Waals surface area (Å²) in [5.74, 6) is 0.685. The highest BCUT2D eigenvalue weighted by atomic mass is 15.4. The number of aromatic nitrogens is 5. The van der Waals surface area contributed by atoms with Gasteiger partial charge in [-0.1, -0.05) is 0 Å². The van der Waals surface area contributed by atoms with Crippen LogP contribution in [0.25, 0.3) is 5.82 Å². The maximum absolute atomic E-state index is 8.54. The molecule has 0 bridgehead atoms. The van der Waals surface area contributed by atoms with Gasteiger partial charge >= 0.3 is 0 Å². The number of rotatable bonds is 1. The number of nitrogens with zero attached hydrogens (tertiary/aromatic N) is 6. The van der Waals surface area contributed by atoms with Crippen molar-refractivity contribution in [3.8, 4) is 11.9 Å². The molecule has 0 saturated carbocycles. The third-order valence-corrected chi connectivity index (χ3v) is 1.58. The summed E-state index contributed by atoms with van der Waals surface area (Å²) in [6, 6.07) is 3.28. The van der Waals surface area contributed by atoms with E-state index in [1.807, 2.05) is 0 Å². The number of nitrogen functional groups attached to an aromatic ring is 2. The number of hydrogen-bond donors (Lipinski definition) is 2. The summed E-state index contributed by atoms with van der Waals surface area (Å²) in [5.41, 5.74) is 10.9. The standard InChI is InChI=1S/C7H6N8/c8-2-5-11-3-15(14-5)6-1-4(9)12-7(10)13-6/h1,3H,(H4,9,10,12,13). The zero-order valence-electron chi connectivity index (χ0n) is 7.49. The molecule has 74 valence electrons. The monoisotopic (exact) mass is 202 g/mol. The molecular formula is C7H6N8. The Hall–Kier alpha value is -2.69. The summed E-state index contributed by atoms with van der Waals surface area (Å²) in [7, 11) is 0. The van der Waals surface area contributed by atoms with Crippen LogP contribution < -0.4 is 11.5 Å². The molecule has 2 heterocycles. The van der Waals surface area contributed by atoms with Crippen LogP contribution in [0.5, 0.6) is 0 Å². The van der Waals surface area contributed by atoms with Crippen LogP contribution in [-0.4, -0.2) is 24.7 Å². The van der Waals surface area contributed by atoms with Crippen molar-refractivity contribution in [2.75, 3.05) is 11.5 Å². The number of hydrogen-bond acceptors (Lipinski definition) is 7. The van der Waals surface area contributed by atoms with E-state index >= 15 is 0 Å². The summed E-state index contributed by atoms with van der Waals surface area (Å²) < 4.78 is 1.30. The Kier molecular flexibility index (Phi) is 1.91. The van der Waals surface area contributed by atoms with E-state index in [1.54, 1.807) is 6.07 Å². The lowest BCUT2D eigenvalue weighted by molar-refractivity contribution is 0.837. The minimum atomic E-state index is 0.0407. The second kappa shape index (κ2) is 3.22. The molecule has 0 amide bonds. The lowest BCUT2D eigenvalue weighted by Crippen LogP contribution is -2.05.